The monoisotopic (exact) mass is 480 g/mol. The van der Waals surface area contributed by atoms with E-state index >= 15 is 0 Å². The zero-order valence-electron chi connectivity index (χ0n) is 19.4. The van der Waals surface area contributed by atoms with Crippen molar-refractivity contribution in [2.24, 2.45) is 4.99 Å². The topological polar surface area (TPSA) is 24.4 Å². The van der Waals surface area contributed by atoms with E-state index in [1.54, 1.807) is 0 Å². The van der Waals surface area contributed by atoms with Crippen molar-refractivity contribution in [3.63, 3.8) is 0 Å². The second-order valence-electron chi connectivity index (χ2n) is 9.72. The Morgan fingerprint density at radius 3 is 1.89 bits per heavy atom. The van der Waals surface area contributed by atoms with Gasteiger partial charge in [-0.25, -0.2) is 4.99 Å². The van der Waals surface area contributed by atoms with Gasteiger partial charge in [0.25, 0.3) is 0 Å². The van der Waals surface area contributed by atoms with Gasteiger partial charge in [-0.15, -0.1) is 0 Å². The number of fused-ring (bicyclic) bond motifs is 11. The number of halogens is 1. The van der Waals surface area contributed by atoms with Crippen molar-refractivity contribution in [3.8, 4) is 22.3 Å². The first-order valence-corrected chi connectivity index (χ1v) is 12.7. The van der Waals surface area contributed by atoms with Gasteiger partial charge in [0.1, 0.15) is 0 Å². The summed E-state index contributed by atoms with van der Waals surface area (Å²) in [6.07, 6.45) is 8.18. The lowest BCUT2D eigenvalue weighted by atomic mass is 9.70. The fourth-order valence-electron chi connectivity index (χ4n) is 6.60. The zero-order valence-corrected chi connectivity index (χ0v) is 20.1. The minimum atomic E-state index is -0.362. The molecule has 1 atom stereocenters. The molecule has 0 saturated heterocycles. The van der Waals surface area contributed by atoms with Crippen molar-refractivity contribution in [2.75, 3.05) is 0 Å². The Kier molecular flexibility index (Phi) is 4.01. The number of hydrogen-bond donors (Lipinski definition) is 1. The predicted molar refractivity (Wildman–Crippen MR) is 148 cm³/mol. The van der Waals surface area contributed by atoms with Crippen molar-refractivity contribution in [2.45, 2.75) is 11.5 Å². The van der Waals surface area contributed by atoms with Gasteiger partial charge >= 0.3 is 0 Å². The van der Waals surface area contributed by atoms with Crippen molar-refractivity contribution in [1.29, 1.82) is 0 Å². The molecule has 0 fully saturated rings. The minimum Gasteiger partial charge on any atom is -0.370 e. The SMILES string of the molecule is ClC1=C(c2ccc3c(c2)C2(c4ccccc4-c4ccccc42)c2ccccc2-3)NC2C=CC=CC2=N1. The van der Waals surface area contributed by atoms with Gasteiger partial charge in [0.05, 0.1) is 22.9 Å². The fraction of sp³-hybridized carbons (Fsp3) is 0.0606. The second-order valence-corrected chi connectivity index (χ2v) is 10.1. The van der Waals surface area contributed by atoms with Crippen molar-refractivity contribution in [1.82, 2.24) is 5.32 Å². The van der Waals surface area contributed by atoms with E-state index in [1.165, 1.54) is 44.5 Å². The second kappa shape index (κ2) is 7.19. The minimum absolute atomic E-state index is 0.0276. The molecule has 1 spiro atoms. The third-order valence-corrected chi connectivity index (χ3v) is 8.29. The molecule has 4 aliphatic rings. The molecule has 1 aliphatic heterocycles. The van der Waals surface area contributed by atoms with Gasteiger partial charge < -0.3 is 5.32 Å². The average molecular weight is 481 g/mol. The molecular weight excluding hydrogens is 460 g/mol. The first-order chi connectivity index (χ1) is 17.8. The maximum Gasteiger partial charge on any atom is 0.153 e. The van der Waals surface area contributed by atoms with Gasteiger partial charge in [-0.2, -0.15) is 0 Å². The molecule has 0 bridgehead atoms. The first kappa shape index (κ1) is 20.1. The van der Waals surface area contributed by atoms with Crippen LogP contribution in [-0.4, -0.2) is 11.8 Å². The maximum atomic E-state index is 6.76. The van der Waals surface area contributed by atoms with E-state index in [4.69, 9.17) is 16.6 Å². The third kappa shape index (κ3) is 2.44. The molecule has 4 aromatic carbocycles. The van der Waals surface area contributed by atoms with Gasteiger partial charge in [-0.3, -0.25) is 0 Å². The molecule has 1 heterocycles. The summed E-state index contributed by atoms with van der Waals surface area (Å²) in [5, 5.41) is 4.13. The molecule has 170 valence electrons. The Morgan fingerprint density at radius 1 is 0.667 bits per heavy atom. The quantitative estimate of drug-likeness (QED) is 0.243. The number of benzene rings is 4. The van der Waals surface area contributed by atoms with Crippen LogP contribution in [0.2, 0.25) is 0 Å². The number of hydrogen-bond acceptors (Lipinski definition) is 2. The fourth-order valence-corrected chi connectivity index (χ4v) is 6.86. The van der Waals surface area contributed by atoms with Gasteiger partial charge in [0.2, 0.25) is 0 Å². The summed E-state index contributed by atoms with van der Waals surface area (Å²) in [6.45, 7) is 0. The predicted octanol–water partition coefficient (Wildman–Crippen LogP) is 7.43. The molecule has 36 heavy (non-hydrogen) atoms. The first-order valence-electron chi connectivity index (χ1n) is 12.3. The highest BCUT2D eigenvalue weighted by Crippen LogP contribution is 2.62. The summed E-state index contributed by atoms with van der Waals surface area (Å²) in [4.78, 5) is 4.72. The molecule has 2 nitrogen and oxygen atoms in total. The van der Waals surface area contributed by atoms with Crippen molar-refractivity contribution >= 4 is 23.0 Å². The van der Waals surface area contributed by atoms with E-state index in [9.17, 15) is 0 Å². The van der Waals surface area contributed by atoms with Crippen LogP contribution in [0.15, 0.2) is 125 Å². The van der Waals surface area contributed by atoms with Crippen molar-refractivity contribution < 1.29 is 0 Å². The smallest absolute Gasteiger partial charge is 0.153 e. The van der Waals surface area contributed by atoms with Gasteiger partial charge in [-0.05, 0) is 56.6 Å². The number of aliphatic imine (C=N–C) groups is 1. The van der Waals surface area contributed by atoms with Crippen molar-refractivity contribution in [3.05, 3.63) is 148 Å². The molecule has 4 aromatic rings. The lowest BCUT2D eigenvalue weighted by molar-refractivity contribution is 0.792. The summed E-state index contributed by atoms with van der Waals surface area (Å²) in [5.41, 5.74) is 13.0. The molecule has 1 unspecified atom stereocenters. The van der Waals surface area contributed by atoms with Crippen LogP contribution < -0.4 is 5.32 Å². The highest BCUT2D eigenvalue weighted by molar-refractivity contribution is 6.34. The highest BCUT2D eigenvalue weighted by Gasteiger charge is 2.51. The Bertz CT molecular complexity index is 1670. The number of allylic oxidation sites excluding steroid dienone is 2. The summed E-state index contributed by atoms with van der Waals surface area (Å²) in [6, 6.07) is 33.4. The van der Waals surface area contributed by atoms with Gasteiger partial charge in [0.15, 0.2) is 5.16 Å². The summed E-state index contributed by atoms with van der Waals surface area (Å²) < 4.78 is 0. The van der Waals surface area contributed by atoms with Crippen LogP contribution in [0.4, 0.5) is 0 Å². The molecule has 0 saturated carbocycles. The molecular formula is C33H21ClN2. The van der Waals surface area contributed by atoms with Gasteiger partial charge in [0, 0.05) is 5.56 Å². The number of nitrogens with one attached hydrogen (secondary N) is 1. The van der Waals surface area contributed by atoms with Crippen LogP contribution in [0, 0.1) is 0 Å². The van der Waals surface area contributed by atoms with Crippen LogP contribution in [-0.2, 0) is 5.41 Å². The van der Waals surface area contributed by atoms with Crippen LogP contribution in [0.3, 0.4) is 0 Å². The Morgan fingerprint density at radius 2 is 1.25 bits per heavy atom. The molecule has 1 N–H and O–H groups in total. The van der Waals surface area contributed by atoms with E-state index in [-0.39, 0.29) is 11.5 Å². The van der Waals surface area contributed by atoms with E-state index in [2.05, 4.69) is 102 Å². The van der Waals surface area contributed by atoms with E-state index in [0.717, 1.165) is 17.0 Å². The molecule has 3 heteroatoms. The maximum absolute atomic E-state index is 6.76. The highest BCUT2D eigenvalue weighted by atomic mass is 35.5. The van der Waals surface area contributed by atoms with Crippen LogP contribution in [0.1, 0.15) is 27.8 Å². The summed E-state index contributed by atoms with van der Waals surface area (Å²) in [7, 11) is 0. The van der Waals surface area contributed by atoms with Gasteiger partial charge in [-0.1, -0.05) is 115 Å². The lowest BCUT2D eigenvalue weighted by Gasteiger charge is -2.31. The van der Waals surface area contributed by atoms with E-state index in [0.29, 0.717) is 5.16 Å². The normalized spacial score (nSPS) is 19.2. The average Bonchev–Trinajstić information content (AvgIpc) is 3.40. The molecule has 0 radical (unpaired) electrons. The Balaban J connectivity index is 1.43. The van der Waals surface area contributed by atoms with Crippen LogP contribution in [0.25, 0.3) is 28.0 Å². The number of rotatable bonds is 1. The summed E-state index contributed by atoms with van der Waals surface area (Å²) >= 11 is 6.76. The molecule has 8 rings (SSSR count). The molecule has 3 aliphatic carbocycles. The third-order valence-electron chi connectivity index (χ3n) is 8.02. The van der Waals surface area contributed by atoms with E-state index < -0.39 is 0 Å². The number of nitrogens with zero attached hydrogens (tertiary/aromatic N) is 1. The zero-order chi connectivity index (χ0) is 23.9. The molecule has 0 amide bonds. The molecule has 0 aromatic heterocycles. The van der Waals surface area contributed by atoms with Crippen LogP contribution in [0.5, 0.6) is 0 Å². The Hall–Kier alpha value is -4.14. The van der Waals surface area contributed by atoms with Crippen LogP contribution >= 0.6 is 11.6 Å². The lowest BCUT2D eigenvalue weighted by Crippen LogP contribution is -2.37. The van der Waals surface area contributed by atoms with E-state index in [1.807, 2.05) is 18.2 Å². The largest absolute Gasteiger partial charge is 0.370 e. The standard InChI is InChI=1S/C33H21ClN2/c34-32-31(35-29-15-7-8-16-30(29)36-32)20-17-18-24-23-11-3-6-14-27(23)33(28(24)19-20)25-12-4-1-9-21(25)22-10-2-5-13-26(22)33/h1-19,29,35H. The Labute approximate surface area is 215 Å². The summed E-state index contributed by atoms with van der Waals surface area (Å²) in [5.74, 6) is 0.